The lowest BCUT2D eigenvalue weighted by molar-refractivity contribution is 0.1000. The first-order valence-electron chi connectivity index (χ1n) is 10.3. The molecule has 8 nitrogen and oxygen atoms in total. The molecule has 10 heteroatoms. The number of anilines is 1. The number of primary amides is 1. The number of nitrogens with two attached hydrogens (primary N) is 2. The van der Waals surface area contributed by atoms with Crippen molar-refractivity contribution < 1.29 is 4.79 Å². The van der Waals surface area contributed by atoms with Gasteiger partial charge in [0.1, 0.15) is 10.8 Å². The van der Waals surface area contributed by atoms with Gasteiger partial charge in [0.05, 0.1) is 34.8 Å². The van der Waals surface area contributed by atoms with Crippen molar-refractivity contribution in [2.45, 2.75) is 35.2 Å². The molecular formula is C22H22ClN7OS. The van der Waals surface area contributed by atoms with Crippen molar-refractivity contribution in [2.24, 2.45) is 16.9 Å². The smallest absolute Gasteiger partial charge is 0.248 e. The molecule has 0 bridgehead atoms. The van der Waals surface area contributed by atoms with Crippen LogP contribution >= 0.6 is 23.4 Å². The molecule has 164 valence electrons. The molecule has 1 aromatic carbocycles. The van der Waals surface area contributed by atoms with E-state index in [4.69, 9.17) is 23.1 Å². The van der Waals surface area contributed by atoms with Crippen molar-refractivity contribution in [3.05, 3.63) is 65.0 Å². The van der Waals surface area contributed by atoms with Crippen LogP contribution in [0.15, 0.2) is 52.9 Å². The molecule has 5 rings (SSSR count). The van der Waals surface area contributed by atoms with E-state index in [1.54, 1.807) is 43.0 Å². The van der Waals surface area contributed by atoms with Crippen LogP contribution in [0.1, 0.15) is 40.6 Å². The van der Waals surface area contributed by atoms with E-state index in [1.165, 1.54) is 11.8 Å². The summed E-state index contributed by atoms with van der Waals surface area (Å²) in [5.41, 5.74) is 14.3. The van der Waals surface area contributed by atoms with E-state index in [0.717, 1.165) is 59.5 Å². The Bertz CT molecular complexity index is 1170. The summed E-state index contributed by atoms with van der Waals surface area (Å²) in [5, 5.41) is 1.18. The second kappa shape index (κ2) is 8.31. The van der Waals surface area contributed by atoms with E-state index in [0.29, 0.717) is 10.6 Å². The van der Waals surface area contributed by atoms with Crippen molar-refractivity contribution in [2.75, 3.05) is 18.0 Å². The van der Waals surface area contributed by atoms with Crippen molar-refractivity contribution in [3.8, 4) is 0 Å². The minimum absolute atomic E-state index is 0.0250. The van der Waals surface area contributed by atoms with Crippen LogP contribution in [0.4, 0.5) is 5.82 Å². The molecular weight excluding hydrogens is 446 g/mol. The maximum atomic E-state index is 11.3. The predicted octanol–water partition coefficient (Wildman–Crippen LogP) is 3.01. The van der Waals surface area contributed by atoms with Gasteiger partial charge in [-0.3, -0.25) is 14.8 Å². The Kier molecular flexibility index (Phi) is 5.48. The van der Waals surface area contributed by atoms with Crippen molar-refractivity contribution in [3.63, 3.8) is 0 Å². The first kappa shape index (κ1) is 21.1. The van der Waals surface area contributed by atoms with E-state index >= 15 is 0 Å². The van der Waals surface area contributed by atoms with Crippen molar-refractivity contribution >= 4 is 35.1 Å². The third-order valence-corrected chi connectivity index (χ3v) is 7.83. The minimum atomic E-state index is -0.508. The number of nitrogens with zero attached hydrogens (tertiary/aromatic N) is 5. The van der Waals surface area contributed by atoms with Crippen molar-refractivity contribution in [1.29, 1.82) is 0 Å². The lowest BCUT2D eigenvalue weighted by Gasteiger charge is -2.42. The van der Waals surface area contributed by atoms with Crippen LogP contribution in [0.5, 0.6) is 0 Å². The zero-order valence-electron chi connectivity index (χ0n) is 17.2. The highest BCUT2D eigenvalue weighted by Crippen LogP contribution is 2.49. The number of benzene rings is 1. The van der Waals surface area contributed by atoms with Gasteiger partial charge in [0.15, 0.2) is 0 Å². The molecule has 4 N–H and O–H groups in total. The number of amides is 1. The summed E-state index contributed by atoms with van der Waals surface area (Å²) in [5.74, 6) is 0.338. The Morgan fingerprint density at radius 2 is 1.91 bits per heavy atom. The van der Waals surface area contributed by atoms with Gasteiger partial charge in [0.2, 0.25) is 5.91 Å². The number of aromatic nitrogens is 4. The summed E-state index contributed by atoms with van der Waals surface area (Å²) in [6.45, 7) is 1.73. The summed E-state index contributed by atoms with van der Waals surface area (Å²) in [6.07, 6.45) is 9.82. The number of hydrogen-bond acceptors (Lipinski definition) is 8. The molecule has 1 fully saturated rings. The van der Waals surface area contributed by atoms with Crippen LogP contribution in [-0.4, -0.2) is 38.9 Å². The third-order valence-electron chi connectivity index (χ3n) is 6.41. The number of fused-ring (bicyclic) bond motifs is 1. The molecule has 0 radical (unpaired) electrons. The second-order valence-corrected chi connectivity index (χ2v) is 9.69. The first-order valence-corrected chi connectivity index (χ1v) is 11.5. The zero-order chi connectivity index (χ0) is 22.3. The molecule has 2 aromatic heterocycles. The van der Waals surface area contributed by atoms with E-state index in [1.807, 2.05) is 0 Å². The lowest BCUT2D eigenvalue weighted by atomic mass is 9.73. The molecule has 1 spiro atoms. The summed E-state index contributed by atoms with van der Waals surface area (Å²) >= 11 is 7.67. The molecule has 1 atom stereocenters. The summed E-state index contributed by atoms with van der Waals surface area (Å²) in [7, 11) is 0. The van der Waals surface area contributed by atoms with Crippen molar-refractivity contribution in [1.82, 2.24) is 19.9 Å². The highest BCUT2D eigenvalue weighted by molar-refractivity contribution is 7.99. The van der Waals surface area contributed by atoms with E-state index in [9.17, 15) is 4.79 Å². The summed E-state index contributed by atoms with van der Waals surface area (Å²) < 4.78 is 0. The van der Waals surface area contributed by atoms with Crippen LogP contribution in [-0.2, 0) is 6.42 Å². The highest BCUT2D eigenvalue weighted by atomic mass is 35.5. The van der Waals surface area contributed by atoms with Gasteiger partial charge in [-0.25, -0.2) is 9.97 Å². The fraction of sp³-hybridized carbons (Fsp3) is 0.318. The SMILES string of the molecule is NC(=O)c1ccc(Sc2cnc(N3CCC4(CC3)Cc3nccnc3[C@H]4N)cn2)c(Cl)c1. The quantitative estimate of drug-likeness (QED) is 0.600. The average Bonchev–Trinajstić information content (AvgIpc) is 3.07. The number of rotatable bonds is 4. The van der Waals surface area contributed by atoms with Gasteiger partial charge in [-0.1, -0.05) is 23.4 Å². The Labute approximate surface area is 194 Å². The fourth-order valence-corrected chi connectivity index (χ4v) is 5.58. The van der Waals surface area contributed by atoms with Crippen LogP contribution in [0.2, 0.25) is 5.02 Å². The normalized spacial score (nSPS) is 19.2. The summed E-state index contributed by atoms with van der Waals surface area (Å²) in [4.78, 5) is 32.4. The number of halogens is 1. The topological polar surface area (TPSA) is 124 Å². The minimum Gasteiger partial charge on any atom is -0.366 e. The van der Waals surface area contributed by atoms with Gasteiger partial charge in [0.25, 0.3) is 0 Å². The van der Waals surface area contributed by atoms with Crippen LogP contribution in [0, 0.1) is 5.41 Å². The molecule has 2 aliphatic rings. The maximum Gasteiger partial charge on any atom is 0.248 e. The van der Waals surface area contributed by atoms with Crippen LogP contribution in [0.3, 0.4) is 0 Å². The van der Waals surface area contributed by atoms with Gasteiger partial charge < -0.3 is 16.4 Å². The number of piperidine rings is 1. The van der Waals surface area contributed by atoms with Gasteiger partial charge in [-0.05, 0) is 37.5 Å². The van der Waals surface area contributed by atoms with Gasteiger partial charge in [-0.2, -0.15) is 0 Å². The number of hydrogen-bond donors (Lipinski definition) is 2. The van der Waals surface area contributed by atoms with Crippen LogP contribution in [0.25, 0.3) is 0 Å². The standard InChI is InChI=1S/C22H22ClN7OS/c23-14-9-13(21(25)31)1-2-16(14)32-18-12-28-17(11-29-18)30-7-3-22(4-8-30)10-15-19(20(22)24)27-6-5-26-15/h1-2,5-6,9,11-12,20H,3-4,7-8,10,24H2,(H2,25,31)/t20-/m1/s1. The predicted molar refractivity (Wildman–Crippen MR) is 123 cm³/mol. The Morgan fingerprint density at radius 1 is 1.12 bits per heavy atom. The van der Waals surface area contributed by atoms with Gasteiger partial charge >= 0.3 is 0 Å². The van der Waals surface area contributed by atoms with Gasteiger partial charge in [-0.15, -0.1) is 0 Å². The Balaban J connectivity index is 1.24. The highest BCUT2D eigenvalue weighted by Gasteiger charge is 2.47. The average molecular weight is 468 g/mol. The summed E-state index contributed by atoms with van der Waals surface area (Å²) in [6, 6.07) is 4.91. The first-order chi connectivity index (χ1) is 15.4. The second-order valence-electron chi connectivity index (χ2n) is 8.22. The maximum absolute atomic E-state index is 11.3. The molecule has 1 saturated heterocycles. The Hall–Kier alpha value is -2.75. The molecule has 32 heavy (non-hydrogen) atoms. The molecule has 1 amide bonds. The fourth-order valence-electron chi connectivity index (χ4n) is 4.55. The molecule has 1 aliphatic heterocycles. The third kappa shape index (κ3) is 3.80. The van der Waals surface area contributed by atoms with Gasteiger partial charge in [0, 0.05) is 41.4 Å². The van der Waals surface area contributed by atoms with E-state index < -0.39 is 5.91 Å². The largest absolute Gasteiger partial charge is 0.366 e. The van der Waals surface area contributed by atoms with E-state index in [2.05, 4.69) is 24.8 Å². The molecule has 0 unspecified atom stereocenters. The number of carbonyl (C=O) groups is 1. The van der Waals surface area contributed by atoms with Crippen LogP contribution < -0.4 is 16.4 Å². The molecule has 3 heterocycles. The zero-order valence-corrected chi connectivity index (χ0v) is 18.8. The molecule has 3 aromatic rings. The molecule has 0 saturated carbocycles. The number of carbonyl (C=O) groups excluding carboxylic acids is 1. The van der Waals surface area contributed by atoms with E-state index in [-0.39, 0.29) is 11.5 Å². The Morgan fingerprint density at radius 3 is 2.56 bits per heavy atom. The molecule has 1 aliphatic carbocycles. The monoisotopic (exact) mass is 467 g/mol. The lowest BCUT2D eigenvalue weighted by Crippen LogP contribution is -2.44.